The molecule has 0 saturated carbocycles. The van der Waals surface area contributed by atoms with Crippen LogP contribution in [0.1, 0.15) is 21.7 Å². The Hall–Kier alpha value is -2.29. The van der Waals surface area contributed by atoms with E-state index >= 15 is 0 Å². The minimum atomic E-state index is -4.84. The molecule has 128 valence electrons. The van der Waals surface area contributed by atoms with Gasteiger partial charge in [-0.15, -0.1) is 0 Å². The molecule has 0 aliphatic carbocycles. The Morgan fingerprint density at radius 2 is 1.79 bits per heavy atom. The molecule has 0 aliphatic rings. The summed E-state index contributed by atoms with van der Waals surface area (Å²) in [7, 11) is 0. The predicted molar refractivity (Wildman–Crippen MR) is 74.4 cm³/mol. The van der Waals surface area contributed by atoms with Gasteiger partial charge in [-0.05, 0) is 24.1 Å². The zero-order valence-corrected chi connectivity index (χ0v) is 12.6. The summed E-state index contributed by atoms with van der Waals surface area (Å²) in [5.41, 5.74) is -2.40. The second-order valence-corrected chi connectivity index (χ2v) is 5.02. The third-order valence-corrected chi connectivity index (χ3v) is 3.24. The van der Waals surface area contributed by atoms with Crippen LogP contribution in [-0.2, 0) is 12.6 Å². The van der Waals surface area contributed by atoms with Crippen LogP contribution in [0.4, 0.5) is 22.0 Å². The lowest BCUT2D eigenvalue weighted by molar-refractivity contribution is -0.141. The van der Waals surface area contributed by atoms with E-state index in [4.69, 9.17) is 11.6 Å². The van der Waals surface area contributed by atoms with Gasteiger partial charge in [-0.25, -0.2) is 18.7 Å². The minimum Gasteiger partial charge on any atom is -0.350 e. The third-order valence-electron chi connectivity index (χ3n) is 2.95. The fourth-order valence-electron chi connectivity index (χ4n) is 1.86. The number of hydrogen-bond acceptors (Lipinski definition) is 3. The lowest BCUT2D eigenvalue weighted by Gasteiger charge is -2.11. The van der Waals surface area contributed by atoms with Gasteiger partial charge < -0.3 is 5.32 Å². The summed E-state index contributed by atoms with van der Waals surface area (Å²) in [6.45, 7) is -0.231. The average Bonchev–Trinajstić information content (AvgIpc) is 2.51. The van der Waals surface area contributed by atoms with Gasteiger partial charge in [0.2, 0.25) is 0 Å². The standard InChI is InChI=1S/C14H9ClF5N3O/c15-8-6-9(16)7(5-10(8)17)1-2-23-13(24)11-12(14(18,19)20)22-4-3-21-11/h3-6H,1-2H2,(H,23,24). The van der Waals surface area contributed by atoms with Gasteiger partial charge in [-0.2, -0.15) is 13.2 Å². The lowest BCUT2D eigenvalue weighted by Crippen LogP contribution is -2.30. The number of carbonyl (C=O) groups is 1. The maximum absolute atomic E-state index is 13.6. The second kappa shape index (κ2) is 7.08. The van der Waals surface area contributed by atoms with Crippen LogP contribution < -0.4 is 5.32 Å². The first-order valence-electron chi connectivity index (χ1n) is 6.50. The number of amides is 1. The molecule has 0 radical (unpaired) electrons. The average molecular weight is 366 g/mol. The highest BCUT2D eigenvalue weighted by Gasteiger charge is 2.37. The van der Waals surface area contributed by atoms with Crippen molar-refractivity contribution in [2.75, 3.05) is 6.54 Å². The Bertz CT molecular complexity index is 767. The molecule has 2 aromatic rings. The zero-order valence-electron chi connectivity index (χ0n) is 11.8. The smallest absolute Gasteiger partial charge is 0.350 e. The molecule has 0 unspecified atom stereocenters. The molecule has 1 aromatic heterocycles. The quantitative estimate of drug-likeness (QED) is 0.667. The highest BCUT2D eigenvalue weighted by atomic mass is 35.5. The third kappa shape index (κ3) is 4.16. The molecule has 1 N–H and O–H groups in total. The number of hydrogen-bond donors (Lipinski definition) is 1. The minimum absolute atomic E-state index is 0.0765. The molecule has 0 bridgehead atoms. The summed E-state index contributed by atoms with van der Waals surface area (Å²) >= 11 is 5.40. The predicted octanol–water partition coefficient (Wildman–Crippen LogP) is 3.40. The number of nitrogens with zero attached hydrogens (tertiary/aromatic N) is 2. The second-order valence-electron chi connectivity index (χ2n) is 4.61. The lowest BCUT2D eigenvalue weighted by atomic mass is 10.1. The summed E-state index contributed by atoms with van der Waals surface area (Å²) in [6.07, 6.45) is -3.23. The first kappa shape index (κ1) is 18.1. The van der Waals surface area contributed by atoms with Crippen molar-refractivity contribution in [2.45, 2.75) is 12.6 Å². The Kier molecular flexibility index (Phi) is 5.33. The van der Waals surface area contributed by atoms with Crippen molar-refractivity contribution in [1.29, 1.82) is 0 Å². The van der Waals surface area contributed by atoms with E-state index < -0.39 is 40.1 Å². The molecule has 0 aliphatic heterocycles. The zero-order chi connectivity index (χ0) is 17.9. The number of alkyl halides is 3. The summed E-state index contributed by atoms with van der Waals surface area (Å²) in [4.78, 5) is 18.3. The largest absolute Gasteiger partial charge is 0.435 e. The molecule has 1 heterocycles. The number of aromatic nitrogens is 2. The van der Waals surface area contributed by atoms with Crippen LogP contribution in [0.2, 0.25) is 5.02 Å². The van der Waals surface area contributed by atoms with Gasteiger partial charge in [0, 0.05) is 18.9 Å². The normalized spacial score (nSPS) is 11.4. The molecule has 0 spiro atoms. The van der Waals surface area contributed by atoms with E-state index in [1.807, 2.05) is 0 Å². The van der Waals surface area contributed by atoms with Crippen molar-refractivity contribution in [3.05, 3.63) is 58.1 Å². The molecule has 10 heteroatoms. The van der Waals surface area contributed by atoms with E-state index in [0.717, 1.165) is 24.5 Å². The first-order chi connectivity index (χ1) is 11.2. The molecule has 0 atom stereocenters. The van der Waals surface area contributed by atoms with Crippen molar-refractivity contribution >= 4 is 17.5 Å². The molecule has 4 nitrogen and oxygen atoms in total. The number of carbonyl (C=O) groups excluding carboxylic acids is 1. The summed E-state index contributed by atoms with van der Waals surface area (Å²) in [5.74, 6) is -2.75. The van der Waals surface area contributed by atoms with Gasteiger partial charge in [-0.3, -0.25) is 4.79 Å². The molecular weight excluding hydrogens is 357 g/mol. The number of benzene rings is 1. The topological polar surface area (TPSA) is 54.9 Å². The van der Waals surface area contributed by atoms with Gasteiger partial charge in [0.05, 0.1) is 5.02 Å². The van der Waals surface area contributed by atoms with E-state index in [1.165, 1.54) is 0 Å². The van der Waals surface area contributed by atoms with Crippen molar-refractivity contribution < 1.29 is 26.7 Å². The van der Waals surface area contributed by atoms with Crippen LogP contribution in [-0.4, -0.2) is 22.4 Å². The van der Waals surface area contributed by atoms with Crippen molar-refractivity contribution in [3.8, 4) is 0 Å². The van der Waals surface area contributed by atoms with Crippen LogP contribution in [0.3, 0.4) is 0 Å². The maximum Gasteiger partial charge on any atom is 0.435 e. The van der Waals surface area contributed by atoms with Crippen LogP contribution in [0.25, 0.3) is 0 Å². The van der Waals surface area contributed by atoms with Crippen molar-refractivity contribution in [2.24, 2.45) is 0 Å². The summed E-state index contributed by atoms with van der Waals surface area (Å²) in [5, 5.41) is 1.76. The summed E-state index contributed by atoms with van der Waals surface area (Å²) < 4.78 is 65.1. The Labute approximate surface area is 137 Å². The molecule has 0 fully saturated rings. The fraction of sp³-hybridized carbons (Fsp3) is 0.214. The number of halogens is 6. The maximum atomic E-state index is 13.6. The van der Waals surface area contributed by atoms with Crippen LogP contribution >= 0.6 is 11.6 Å². The molecule has 0 saturated heterocycles. The van der Waals surface area contributed by atoms with Gasteiger partial charge >= 0.3 is 6.18 Å². The van der Waals surface area contributed by atoms with Crippen molar-refractivity contribution in [3.63, 3.8) is 0 Å². The Morgan fingerprint density at radius 3 is 2.46 bits per heavy atom. The summed E-state index contributed by atoms with van der Waals surface area (Å²) in [6, 6.07) is 1.63. The van der Waals surface area contributed by atoms with E-state index in [1.54, 1.807) is 0 Å². The van der Waals surface area contributed by atoms with Crippen LogP contribution in [0.5, 0.6) is 0 Å². The van der Waals surface area contributed by atoms with Gasteiger partial charge in [0.1, 0.15) is 11.6 Å². The van der Waals surface area contributed by atoms with Gasteiger partial charge in [0.15, 0.2) is 11.4 Å². The van der Waals surface area contributed by atoms with E-state index in [0.29, 0.717) is 0 Å². The first-order valence-corrected chi connectivity index (χ1v) is 6.87. The number of nitrogens with one attached hydrogen (secondary N) is 1. The fourth-order valence-corrected chi connectivity index (χ4v) is 2.01. The number of rotatable bonds is 4. The monoisotopic (exact) mass is 365 g/mol. The molecular formula is C14H9ClF5N3O. The Morgan fingerprint density at radius 1 is 1.12 bits per heavy atom. The Balaban J connectivity index is 2.06. The molecule has 2 rings (SSSR count). The highest BCUT2D eigenvalue weighted by molar-refractivity contribution is 6.30. The molecule has 1 aromatic carbocycles. The van der Waals surface area contributed by atoms with E-state index in [2.05, 4.69) is 15.3 Å². The molecule has 1 amide bonds. The van der Waals surface area contributed by atoms with Crippen molar-refractivity contribution in [1.82, 2.24) is 15.3 Å². The van der Waals surface area contributed by atoms with E-state index in [-0.39, 0.29) is 18.5 Å². The van der Waals surface area contributed by atoms with Crippen LogP contribution in [0.15, 0.2) is 24.5 Å². The molecule has 24 heavy (non-hydrogen) atoms. The van der Waals surface area contributed by atoms with Gasteiger partial charge in [0.25, 0.3) is 5.91 Å². The SMILES string of the molecule is O=C(NCCc1cc(F)c(Cl)cc1F)c1nccnc1C(F)(F)F. The van der Waals surface area contributed by atoms with E-state index in [9.17, 15) is 26.7 Å². The van der Waals surface area contributed by atoms with Gasteiger partial charge in [-0.1, -0.05) is 11.6 Å². The van der Waals surface area contributed by atoms with Crippen LogP contribution in [0, 0.1) is 11.6 Å². The highest BCUT2D eigenvalue weighted by Crippen LogP contribution is 2.29.